The summed E-state index contributed by atoms with van der Waals surface area (Å²) in [6.07, 6.45) is 3.04. The molecule has 0 aliphatic rings. The number of hydrogen-bond donors (Lipinski definition) is 1. The molecule has 0 saturated carbocycles. The molecular formula is C9H8INO. The molecule has 2 nitrogen and oxygen atoms in total. The van der Waals surface area contributed by atoms with Gasteiger partial charge in [0.05, 0.1) is 0 Å². The van der Waals surface area contributed by atoms with Crippen molar-refractivity contribution in [2.45, 2.75) is 0 Å². The van der Waals surface area contributed by atoms with Crippen molar-refractivity contribution in [1.82, 2.24) is 0 Å². The lowest BCUT2D eigenvalue weighted by Crippen LogP contribution is -2.04. The van der Waals surface area contributed by atoms with E-state index in [-0.39, 0.29) is 0 Å². The Morgan fingerprint density at radius 1 is 1.33 bits per heavy atom. The van der Waals surface area contributed by atoms with Gasteiger partial charge in [-0.05, 0) is 46.4 Å². The number of hydrogen-bond acceptors (Lipinski definition) is 1. The minimum Gasteiger partial charge on any atom is -0.366 e. The van der Waals surface area contributed by atoms with Gasteiger partial charge >= 0.3 is 0 Å². The predicted molar refractivity (Wildman–Crippen MR) is 57.4 cm³/mol. The number of benzene rings is 1. The van der Waals surface area contributed by atoms with Gasteiger partial charge in [-0.1, -0.05) is 12.1 Å². The molecule has 1 amide bonds. The summed E-state index contributed by atoms with van der Waals surface area (Å²) in [4.78, 5) is 10.4. The molecule has 62 valence electrons. The van der Waals surface area contributed by atoms with Crippen LogP contribution in [0.2, 0.25) is 0 Å². The monoisotopic (exact) mass is 273 g/mol. The first-order chi connectivity index (χ1) is 5.68. The molecule has 0 fully saturated rings. The number of rotatable bonds is 2. The molecule has 2 N–H and O–H groups in total. The van der Waals surface area contributed by atoms with Gasteiger partial charge in [0.2, 0.25) is 5.91 Å². The fraction of sp³-hybridized carbons (Fsp3) is 0. The lowest BCUT2D eigenvalue weighted by molar-refractivity contribution is -0.113. The molecule has 0 aliphatic heterocycles. The van der Waals surface area contributed by atoms with E-state index >= 15 is 0 Å². The zero-order chi connectivity index (χ0) is 8.97. The van der Waals surface area contributed by atoms with Crippen LogP contribution in [0.5, 0.6) is 0 Å². The Hall–Kier alpha value is -0.840. The summed E-state index contributed by atoms with van der Waals surface area (Å²) in [6.45, 7) is 0. The highest BCUT2D eigenvalue weighted by Gasteiger charge is 1.87. The van der Waals surface area contributed by atoms with E-state index < -0.39 is 5.91 Å². The first-order valence-corrected chi connectivity index (χ1v) is 4.49. The maximum absolute atomic E-state index is 10.4. The predicted octanol–water partition coefficient (Wildman–Crippen LogP) is 1.79. The van der Waals surface area contributed by atoms with E-state index in [9.17, 15) is 4.79 Å². The van der Waals surface area contributed by atoms with Gasteiger partial charge < -0.3 is 5.73 Å². The largest absolute Gasteiger partial charge is 0.366 e. The summed E-state index contributed by atoms with van der Waals surface area (Å²) in [7, 11) is 0. The van der Waals surface area contributed by atoms with Crippen molar-refractivity contribution in [2.24, 2.45) is 5.73 Å². The average molecular weight is 273 g/mol. The number of carbonyl (C=O) groups is 1. The highest BCUT2D eigenvalue weighted by Crippen LogP contribution is 2.07. The third-order valence-corrected chi connectivity index (χ3v) is 2.03. The summed E-state index contributed by atoms with van der Waals surface area (Å²) >= 11 is 2.22. The molecule has 0 atom stereocenters. The van der Waals surface area contributed by atoms with Crippen LogP contribution < -0.4 is 5.73 Å². The summed E-state index contributed by atoms with van der Waals surface area (Å²) in [5, 5.41) is 0. The summed E-state index contributed by atoms with van der Waals surface area (Å²) in [5.74, 6) is -0.423. The van der Waals surface area contributed by atoms with Crippen LogP contribution in [0.15, 0.2) is 30.3 Å². The van der Waals surface area contributed by atoms with Crippen molar-refractivity contribution in [1.29, 1.82) is 0 Å². The molecule has 0 aliphatic carbocycles. The zero-order valence-corrected chi connectivity index (χ0v) is 8.49. The normalized spacial score (nSPS) is 10.4. The molecular weight excluding hydrogens is 265 g/mol. The number of carbonyl (C=O) groups excluding carboxylic acids is 1. The van der Waals surface area contributed by atoms with Crippen molar-refractivity contribution in [3.8, 4) is 0 Å². The van der Waals surface area contributed by atoms with Crippen molar-refractivity contribution < 1.29 is 4.79 Å². The molecule has 3 heteroatoms. The molecule has 1 aromatic carbocycles. The summed E-state index contributed by atoms with van der Waals surface area (Å²) in [6, 6.07) is 7.81. The molecule has 0 saturated heterocycles. The Morgan fingerprint density at radius 3 is 2.42 bits per heavy atom. The van der Waals surface area contributed by atoms with Gasteiger partial charge in [-0.3, -0.25) is 4.79 Å². The molecule has 0 heterocycles. The Bertz CT molecular complexity index is 303. The zero-order valence-electron chi connectivity index (χ0n) is 6.33. The standard InChI is InChI=1S/C9H8INO/c10-8-4-1-7(2-5-8)3-6-9(11)12/h1-6H,(H2,11,12)/b6-3+. The smallest absolute Gasteiger partial charge is 0.241 e. The van der Waals surface area contributed by atoms with E-state index in [0.29, 0.717) is 0 Å². The quantitative estimate of drug-likeness (QED) is 0.648. The van der Waals surface area contributed by atoms with Crippen molar-refractivity contribution in [2.75, 3.05) is 0 Å². The van der Waals surface area contributed by atoms with E-state index in [1.54, 1.807) is 6.08 Å². The van der Waals surface area contributed by atoms with E-state index in [1.165, 1.54) is 9.65 Å². The molecule has 0 bridgehead atoms. The Kier molecular flexibility index (Phi) is 3.28. The van der Waals surface area contributed by atoms with Gasteiger partial charge in [0.15, 0.2) is 0 Å². The molecule has 0 aromatic heterocycles. The lowest BCUT2D eigenvalue weighted by Gasteiger charge is -1.91. The van der Waals surface area contributed by atoms with Crippen molar-refractivity contribution in [3.63, 3.8) is 0 Å². The third kappa shape index (κ3) is 3.04. The minimum absolute atomic E-state index is 0.423. The first-order valence-electron chi connectivity index (χ1n) is 3.41. The van der Waals surface area contributed by atoms with Crippen LogP contribution in [-0.2, 0) is 4.79 Å². The van der Waals surface area contributed by atoms with E-state index in [1.807, 2.05) is 24.3 Å². The van der Waals surface area contributed by atoms with Gasteiger partial charge in [-0.15, -0.1) is 0 Å². The van der Waals surface area contributed by atoms with E-state index in [4.69, 9.17) is 5.73 Å². The van der Waals surface area contributed by atoms with Crippen LogP contribution in [0.25, 0.3) is 6.08 Å². The van der Waals surface area contributed by atoms with Gasteiger partial charge in [0.1, 0.15) is 0 Å². The van der Waals surface area contributed by atoms with Gasteiger partial charge in [-0.25, -0.2) is 0 Å². The molecule has 1 rings (SSSR count). The maximum Gasteiger partial charge on any atom is 0.241 e. The highest BCUT2D eigenvalue weighted by atomic mass is 127. The fourth-order valence-electron chi connectivity index (χ4n) is 0.752. The average Bonchev–Trinajstić information content (AvgIpc) is 2.03. The minimum atomic E-state index is -0.423. The highest BCUT2D eigenvalue weighted by molar-refractivity contribution is 14.1. The number of amides is 1. The second kappa shape index (κ2) is 4.25. The maximum atomic E-state index is 10.4. The fourth-order valence-corrected chi connectivity index (χ4v) is 1.11. The SMILES string of the molecule is NC(=O)/C=C/c1ccc(I)cc1. The topological polar surface area (TPSA) is 43.1 Å². The first kappa shape index (κ1) is 9.25. The molecule has 0 unspecified atom stereocenters. The van der Waals surface area contributed by atoms with Crippen LogP contribution in [0.3, 0.4) is 0 Å². The summed E-state index contributed by atoms with van der Waals surface area (Å²) < 4.78 is 1.17. The van der Waals surface area contributed by atoms with Gasteiger partial charge in [0, 0.05) is 9.65 Å². The van der Waals surface area contributed by atoms with E-state index in [2.05, 4.69) is 22.6 Å². The van der Waals surface area contributed by atoms with Crippen LogP contribution in [0, 0.1) is 3.57 Å². The van der Waals surface area contributed by atoms with E-state index in [0.717, 1.165) is 5.56 Å². The molecule has 12 heavy (non-hydrogen) atoms. The molecule has 1 aromatic rings. The number of halogens is 1. The van der Waals surface area contributed by atoms with Crippen LogP contribution in [0.1, 0.15) is 5.56 Å². The number of nitrogens with two attached hydrogens (primary N) is 1. The lowest BCUT2D eigenvalue weighted by atomic mass is 10.2. The van der Waals surface area contributed by atoms with Crippen molar-refractivity contribution >= 4 is 34.6 Å². The molecule has 0 spiro atoms. The van der Waals surface area contributed by atoms with Crippen molar-refractivity contribution in [3.05, 3.63) is 39.5 Å². The Balaban J connectivity index is 2.77. The third-order valence-electron chi connectivity index (χ3n) is 1.31. The second-order valence-corrected chi connectivity index (χ2v) is 3.53. The van der Waals surface area contributed by atoms with Gasteiger partial charge in [-0.2, -0.15) is 0 Å². The second-order valence-electron chi connectivity index (χ2n) is 2.29. The molecule has 0 radical (unpaired) electrons. The van der Waals surface area contributed by atoms with Crippen LogP contribution in [-0.4, -0.2) is 5.91 Å². The van der Waals surface area contributed by atoms with Crippen LogP contribution >= 0.6 is 22.6 Å². The Labute approximate surface area is 84.6 Å². The Morgan fingerprint density at radius 2 is 1.92 bits per heavy atom. The summed E-state index contributed by atoms with van der Waals surface area (Å²) in [5.41, 5.74) is 5.92. The van der Waals surface area contributed by atoms with Crippen LogP contribution in [0.4, 0.5) is 0 Å². The number of primary amides is 1. The van der Waals surface area contributed by atoms with Gasteiger partial charge in [0.25, 0.3) is 0 Å².